The number of halogens is 1. The first kappa shape index (κ1) is 12.6. The van der Waals surface area contributed by atoms with Crippen LogP contribution in [-0.2, 0) is 6.54 Å². The fraction of sp³-hybridized carbons (Fsp3) is 0.583. The van der Waals surface area contributed by atoms with Gasteiger partial charge in [0.2, 0.25) is 0 Å². The van der Waals surface area contributed by atoms with Crippen LogP contribution in [0.25, 0.3) is 0 Å². The lowest BCUT2D eigenvalue weighted by molar-refractivity contribution is 0.198. The van der Waals surface area contributed by atoms with Crippen LogP contribution < -0.4 is 4.90 Å². The molecule has 5 heteroatoms. The molecule has 1 atom stereocenters. The lowest BCUT2D eigenvalue weighted by Gasteiger charge is -2.22. The molecule has 0 spiro atoms. The van der Waals surface area contributed by atoms with E-state index >= 15 is 0 Å². The Morgan fingerprint density at radius 3 is 2.88 bits per heavy atom. The molecule has 2 heterocycles. The summed E-state index contributed by atoms with van der Waals surface area (Å²) in [5, 5.41) is 10.1. The first-order valence-corrected chi connectivity index (χ1v) is 6.17. The Balaban J connectivity index is 2.25. The van der Waals surface area contributed by atoms with Gasteiger partial charge in [-0.05, 0) is 32.6 Å². The van der Waals surface area contributed by atoms with Crippen molar-refractivity contribution >= 4 is 17.3 Å². The Labute approximate surface area is 107 Å². The minimum absolute atomic E-state index is 0.224. The number of anilines is 1. The largest absolute Gasteiger partial charge is 0.391 e. The summed E-state index contributed by atoms with van der Waals surface area (Å²) >= 11 is 5.94. The smallest absolute Gasteiger partial charge is 0.129 e. The van der Waals surface area contributed by atoms with Crippen molar-refractivity contribution in [3.8, 4) is 0 Å². The topological polar surface area (TPSA) is 39.6 Å². The first-order valence-electron chi connectivity index (χ1n) is 5.79. The fourth-order valence-electron chi connectivity index (χ4n) is 2.13. The molecular weight excluding hydrogens is 238 g/mol. The second-order valence-electron chi connectivity index (χ2n) is 4.73. The number of pyridine rings is 1. The molecule has 1 aromatic heterocycles. The summed E-state index contributed by atoms with van der Waals surface area (Å²) in [6.07, 6.45) is 0.599. The number of hydrogen-bond donors (Lipinski definition) is 1. The number of β-amino-alcohol motifs (C(OH)–C–C–N with tert-alkyl or cyclic N) is 1. The van der Waals surface area contributed by atoms with Gasteiger partial charge in [0.1, 0.15) is 5.15 Å². The lowest BCUT2D eigenvalue weighted by atomic mass is 10.2. The van der Waals surface area contributed by atoms with Gasteiger partial charge in [0.15, 0.2) is 0 Å². The van der Waals surface area contributed by atoms with Gasteiger partial charge in [-0.1, -0.05) is 11.6 Å². The molecule has 1 N–H and O–H groups in total. The minimum Gasteiger partial charge on any atom is -0.391 e. The molecule has 1 aliphatic heterocycles. The van der Waals surface area contributed by atoms with Crippen LogP contribution in [0, 0.1) is 0 Å². The highest BCUT2D eigenvalue weighted by Gasteiger charge is 2.23. The SMILES string of the molecule is CN(C)Cc1nc(Cl)ccc1N1CCC(O)C1. The van der Waals surface area contributed by atoms with Crippen LogP contribution in [0.4, 0.5) is 5.69 Å². The van der Waals surface area contributed by atoms with Crippen LogP contribution in [0.3, 0.4) is 0 Å². The Hall–Kier alpha value is -0.840. The van der Waals surface area contributed by atoms with Gasteiger partial charge in [0.05, 0.1) is 17.5 Å². The average molecular weight is 256 g/mol. The average Bonchev–Trinajstić information content (AvgIpc) is 2.64. The molecule has 0 bridgehead atoms. The number of aliphatic hydroxyl groups excluding tert-OH is 1. The van der Waals surface area contributed by atoms with Crippen molar-refractivity contribution in [2.24, 2.45) is 0 Å². The minimum atomic E-state index is -0.224. The molecule has 1 fully saturated rings. The third kappa shape index (κ3) is 3.09. The molecule has 0 saturated carbocycles. The van der Waals surface area contributed by atoms with Gasteiger partial charge in [-0.3, -0.25) is 0 Å². The predicted molar refractivity (Wildman–Crippen MR) is 69.5 cm³/mol. The van der Waals surface area contributed by atoms with Gasteiger partial charge in [0.25, 0.3) is 0 Å². The van der Waals surface area contributed by atoms with Crippen LogP contribution in [0.2, 0.25) is 5.15 Å². The van der Waals surface area contributed by atoms with Crippen molar-refractivity contribution in [1.82, 2.24) is 9.88 Å². The van der Waals surface area contributed by atoms with Crippen LogP contribution in [0.15, 0.2) is 12.1 Å². The molecule has 0 radical (unpaired) electrons. The van der Waals surface area contributed by atoms with E-state index in [-0.39, 0.29) is 6.10 Å². The standard InChI is InChI=1S/C12H18ClN3O/c1-15(2)8-10-11(3-4-12(13)14-10)16-6-5-9(17)7-16/h3-4,9,17H,5-8H2,1-2H3. The number of aromatic nitrogens is 1. The summed E-state index contributed by atoms with van der Waals surface area (Å²) in [5.74, 6) is 0. The van der Waals surface area contributed by atoms with Crippen LogP contribution in [-0.4, -0.2) is 48.3 Å². The Bertz CT molecular complexity index is 397. The van der Waals surface area contributed by atoms with Crippen molar-refractivity contribution in [3.63, 3.8) is 0 Å². The van der Waals surface area contributed by atoms with E-state index in [9.17, 15) is 5.11 Å². The normalized spacial score (nSPS) is 20.3. The van der Waals surface area contributed by atoms with E-state index in [4.69, 9.17) is 11.6 Å². The second-order valence-corrected chi connectivity index (χ2v) is 5.11. The van der Waals surface area contributed by atoms with E-state index in [0.717, 1.165) is 30.9 Å². The predicted octanol–water partition coefficient (Wildman–Crippen LogP) is 1.37. The third-order valence-electron chi connectivity index (χ3n) is 2.89. The Morgan fingerprint density at radius 2 is 2.29 bits per heavy atom. The van der Waals surface area contributed by atoms with Gasteiger partial charge in [0, 0.05) is 19.6 Å². The summed E-state index contributed by atoms with van der Waals surface area (Å²) in [6, 6.07) is 3.80. The Kier molecular flexibility index (Phi) is 3.86. The van der Waals surface area contributed by atoms with Crippen LogP contribution in [0.5, 0.6) is 0 Å². The maximum atomic E-state index is 9.59. The summed E-state index contributed by atoms with van der Waals surface area (Å²) in [5.41, 5.74) is 2.05. The van der Waals surface area contributed by atoms with Crippen molar-refractivity contribution < 1.29 is 5.11 Å². The highest BCUT2D eigenvalue weighted by atomic mass is 35.5. The second kappa shape index (κ2) is 5.21. The molecule has 1 aliphatic rings. The van der Waals surface area contributed by atoms with Crippen molar-refractivity contribution in [2.75, 3.05) is 32.1 Å². The van der Waals surface area contributed by atoms with E-state index in [1.54, 1.807) is 6.07 Å². The van der Waals surface area contributed by atoms with E-state index < -0.39 is 0 Å². The van der Waals surface area contributed by atoms with Crippen molar-refractivity contribution in [2.45, 2.75) is 19.1 Å². The van der Waals surface area contributed by atoms with Gasteiger partial charge in [-0.2, -0.15) is 0 Å². The summed E-state index contributed by atoms with van der Waals surface area (Å²) in [7, 11) is 4.01. The number of aliphatic hydroxyl groups is 1. The molecule has 4 nitrogen and oxygen atoms in total. The third-order valence-corrected chi connectivity index (χ3v) is 3.10. The maximum Gasteiger partial charge on any atom is 0.129 e. The van der Waals surface area contributed by atoms with E-state index in [1.807, 2.05) is 20.2 Å². The lowest BCUT2D eigenvalue weighted by Crippen LogP contribution is -2.24. The zero-order chi connectivity index (χ0) is 12.4. The van der Waals surface area contributed by atoms with E-state index in [1.165, 1.54) is 0 Å². The molecule has 17 heavy (non-hydrogen) atoms. The number of rotatable bonds is 3. The number of hydrogen-bond acceptors (Lipinski definition) is 4. The molecule has 2 rings (SSSR count). The zero-order valence-electron chi connectivity index (χ0n) is 10.2. The molecule has 1 saturated heterocycles. The zero-order valence-corrected chi connectivity index (χ0v) is 11.0. The highest BCUT2D eigenvalue weighted by molar-refractivity contribution is 6.29. The maximum absolute atomic E-state index is 9.59. The quantitative estimate of drug-likeness (QED) is 0.829. The summed E-state index contributed by atoms with van der Waals surface area (Å²) < 4.78 is 0. The molecule has 94 valence electrons. The van der Waals surface area contributed by atoms with E-state index in [0.29, 0.717) is 11.7 Å². The van der Waals surface area contributed by atoms with Crippen molar-refractivity contribution in [3.05, 3.63) is 23.0 Å². The van der Waals surface area contributed by atoms with Gasteiger partial charge in [-0.15, -0.1) is 0 Å². The molecule has 0 aromatic carbocycles. The summed E-state index contributed by atoms with van der Waals surface area (Å²) in [4.78, 5) is 8.62. The molecule has 1 unspecified atom stereocenters. The molecule has 1 aromatic rings. The summed E-state index contributed by atoms with van der Waals surface area (Å²) in [6.45, 7) is 2.32. The molecule has 0 amide bonds. The van der Waals surface area contributed by atoms with Gasteiger partial charge in [-0.25, -0.2) is 4.98 Å². The van der Waals surface area contributed by atoms with Crippen LogP contribution in [0.1, 0.15) is 12.1 Å². The van der Waals surface area contributed by atoms with Crippen molar-refractivity contribution in [1.29, 1.82) is 0 Å². The number of nitrogens with zero attached hydrogens (tertiary/aromatic N) is 3. The van der Waals surface area contributed by atoms with Gasteiger partial charge >= 0.3 is 0 Å². The molecular formula is C12H18ClN3O. The monoisotopic (exact) mass is 255 g/mol. The fourth-order valence-corrected chi connectivity index (χ4v) is 2.30. The first-order chi connectivity index (χ1) is 8.06. The van der Waals surface area contributed by atoms with Gasteiger partial charge < -0.3 is 14.9 Å². The Morgan fingerprint density at radius 1 is 1.53 bits per heavy atom. The highest BCUT2D eigenvalue weighted by Crippen LogP contribution is 2.25. The van der Waals surface area contributed by atoms with Crippen LogP contribution >= 0.6 is 11.6 Å². The van der Waals surface area contributed by atoms with E-state index in [2.05, 4.69) is 14.8 Å². The molecule has 0 aliphatic carbocycles.